The molecule has 0 saturated heterocycles. The standard InChI is InChI=1S/C27H23ClFNO3/c1-16(12-25(31)30-14-18-4-8-20(28)9-5-18)22-13-23-24(19-6-10-21(29)11-7-19)15-33-27(23)17(2)26(22)32-3/h4-13,15H,14H2,1-3H3,(H,30,31)/b16-12+. The Morgan fingerprint density at radius 3 is 2.52 bits per heavy atom. The predicted octanol–water partition coefficient (Wildman–Crippen LogP) is 6.93. The van der Waals surface area contributed by atoms with Crippen LogP contribution in [0.4, 0.5) is 4.39 Å². The molecule has 0 bridgehead atoms. The molecule has 4 nitrogen and oxygen atoms in total. The predicted molar refractivity (Wildman–Crippen MR) is 130 cm³/mol. The van der Waals surface area contributed by atoms with Gasteiger partial charge >= 0.3 is 0 Å². The molecular formula is C27H23ClFNO3. The molecule has 0 aliphatic rings. The Bertz CT molecular complexity index is 1340. The fourth-order valence-electron chi connectivity index (χ4n) is 3.84. The number of hydrogen-bond donors (Lipinski definition) is 1. The quantitative estimate of drug-likeness (QED) is 0.315. The van der Waals surface area contributed by atoms with Crippen molar-refractivity contribution in [1.82, 2.24) is 5.32 Å². The molecule has 0 atom stereocenters. The van der Waals surface area contributed by atoms with Crippen molar-refractivity contribution in [2.45, 2.75) is 20.4 Å². The minimum absolute atomic E-state index is 0.215. The van der Waals surface area contributed by atoms with Crippen LogP contribution in [0.15, 0.2) is 71.4 Å². The first-order valence-electron chi connectivity index (χ1n) is 10.4. The van der Waals surface area contributed by atoms with E-state index in [1.807, 2.05) is 32.0 Å². The summed E-state index contributed by atoms with van der Waals surface area (Å²) in [6.07, 6.45) is 3.21. The highest BCUT2D eigenvalue weighted by Gasteiger charge is 2.19. The van der Waals surface area contributed by atoms with Crippen molar-refractivity contribution in [1.29, 1.82) is 0 Å². The molecule has 0 spiro atoms. The Morgan fingerprint density at radius 2 is 1.85 bits per heavy atom. The highest BCUT2D eigenvalue weighted by atomic mass is 35.5. The number of methoxy groups -OCH3 is 1. The summed E-state index contributed by atoms with van der Waals surface area (Å²) >= 11 is 5.91. The number of ether oxygens (including phenoxy) is 1. The topological polar surface area (TPSA) is 51.5 Å². The van der Waals surface area contributed by atoms with Crippen LogP contribution >= 0.6 is 11.6 Å². The van der Waals surface area contributed by atoms with Crippen molar-refractivity contribution in [3.8, 4) is 16.9 Å². The van der Waals surface area contributed by atoms with E-state index < -0.39 is 0 Å². The zero-order chi connectivity index (χ0) is 23.5. The van der Waals surface area contributed by atoms with Crippen LogP contribution in [-0.4, -0.2) is 13.0 Å². The van der Waals surface area contributed by atoms with Gasteiger partial charge in [-0.3, -0.25) is 4.79 Å². The van der Waals surface area contributed by atoms with E-state index in [0.717, 1.165) is 38.8 Å². The fraction of sp³-hybridized carbons (Fsp3) is 0.148. The van der Waals surface area contributed by atoms with E-state index in [1.165, 1.54) is 12.1 Å². The summed E-state index contributed by atoms with van der Waals surface area (Å²) in [5.41, 5.74) is 5.69. The molecule has 0 aliphatic carbocycles. The van der Waals surface area contributed by atoms with Crippen molar-refractivity contribution in [2.75, 3.05) is 7.11 Å². The van der Waals surface area contributed by atoms with Crippen LogP contribution in [0.5, 0.6) is 5.75 Å². The summed E-state index contributed by atoms with van der Waals surface area (Å²) in [4.78, 5) is 12.6. The number of furan rings is 1. The lowest BCUT2D eigenvalue weighted by molar-refractivity contribution is -0.116. The van der Waals surface area contributed by atoms with E-state index in [9.17, 15) is 9.18 Å². The van der Waals surface area contributed by atoms with Gasteiger partial charge in [-0.05, 0) is 60.9 Å². The summed E-state index contributed by atoms with van der Waals surface area (Å²) < 4.78 is 24.9. The van der Waals surface area contributed by atoms with E-state index in [4.69, 9.17) is 20.8 Å². The van der Waals surface area contributed by atoms with Crippen LogP contribution in [0, 0.1) is 12.7 Å². The number of carbonyl (C=O) groups excluding carboxylic acids is 1. The molecule has 0 fully saturated rings. The normalized spacial score (nSPS) is 11.6. The third-order valence-electron chi connectivity index (χ3n) is 5.56. The molecule has 6 heteroatoms. The zero-order valence-corrected chi connectivity index (χ0v) is 19.3. The number of rotatable bonds is 6. The SMILES string of the molecule is COc1c(/C(C)=C/C(=O)NCc2ccc(Cl)cc2)cc2c(-c3ccc(F)cc3)coc2c1C. The average molecular weight is 464 g/mol. The maximum atomic E-state index is 13.4. The molecule has 0 unspecified atom stereocenters. The Balaban J connectivity index is 1.67. The molecule has 1 heterocycles. The smallest absolute Gasteiger partial charge is 0.244 e. The first-order valence-corrected chi connectivity index (χ1v) is 10.8. The highest BCUT2D eigenvalue weighted by molar-refractivity contribution is 6.30. The fourth-order valence-corrected chi connectivity index (χ4v) is 3.97. The molecule has 4 aromatic rings. The molecular weight excluding hydrogens is 441 g/mol. The lowest BCUT2D eigenvalue weighted by Crippen LogP contribution is -2.20. The Labute approximate surface area is 196 Å². The molecule has 1 amide bonds. The van der Waals surface area contributed by atoms with Gasteiger partial charge in [0.15, 0.2) is 0 Å². The van der Waals surface area contributed by atoms with Crippen molar-refractivity contribution < 1.29 is 18.3 Å². The summed E-state index contributed by atoms with van der Waals surface area (Å²) in [7, 11) is 1.59. The van der Waals surface area contributed by atoms with Crippen molar-refractivity contribution >= 4 is 34.1 Å². The van der Waals surface area contributed by atoms with Gasteiger partial charge in [0.1, 0.15) is 17.1 Å². The lowest BCUT2D eigenvalue weighted by atomic mass is 9.96. The van der Waals surface area contributed by atoms with E-state index in [0.29, 0.717) is 22.9 Å². The molecule has 0 saturated carbocycles. The Hall–Kier alpha value is -3.57. The van der Waals surface area contributed by atoms with Crippen LogP contribution in [0.2, 0.25) is 5.02 Å². The van der Waals surface area contributed by atoms with Gasteiger partial charge in [0.25, 0.3) is 0 Å². The first kappa shape index (κ1) is 22.6. The molecule has 1 aromatic heterocycles. The summed E-state index contributed by atoms with van der Waals surface area (Å²) in [5.74, 6) is 0.128. The van der Waals surface area contributed by atoms with Gasteiger partial charge in [0.05, 0.1) is 13.4 Å². The maximum absolute atomic E-state index is 13.4. The second kappa shape index (κ2) is 9.51. The van der Waals surface area contributed by atoms with Gasteiger partial charge < -0.3 is 14.5 Å². The molecule has 0 radical (unpaired) electrons. The molecule has 3 aromatic carbocycles. The highest BCUT2D eigenvalue weighted by Crippen LogP contribution is 2.40. The molecule has 0 aliphatic heterocycles. The maximum Gasteiger partial charge on any atom is 0.244 e. The monoisotopic (exact) mass is 463 g/mol. The lowest BCUT2D eigenvalue weighted by Gasteiger charge is -2.13. The summed E-state index contributed by atoms with van der Waals surface area (Å²) in [5, 5.41) is 4.41. The number of halogens is 2. The van der Waals surface area contributed by atoms with Gasteiger partial charge in [-0.1, -0.05) is 35.9 Å². The largest absolute Gasteiger partial charge is 0.496 e. The van der Waals surface area contributed by atoms with Crippen LogP contribution in [0.1, 0.15) is 23.6 Å². The number of nitrogens with one attached hydrogen (secondary N) is 1. The number of hydrogen-bond acceptors (Lipinski definition) is 3. The molecule has 4 rings (SSSR count). The molecule has 1 N–H and O–H groups in total. The zero-order valence-electron chi connectivity index (χ0n) is 18.5. The van der Waals surface area contributed by atoms with Crippen LogP contribution in [0.3, 0.4) is 0 Å². The van der Waals surface area contributed by atoms with Gasteiger partial charge in [0.2, 0.25) is 5.91 Å². The van der Waals surface area contributed by atoms with E-state index in [1.54, 1.807) is 43.7 Å². The summed E-state index contributed by atoms with van der Waals surface area (Å²) in [6, 6.07) is 15.5. The number of carbonyl (C=O) groups is 1. The first-order chi connectivity index (χ1) is 15.9. The van der Waals surface area contributed by atoms with Gasteiger partial charge in [-0.25, -0.2) is 4.39 Å². The number of aryl methyl sites for hydroxylation is 1. The third kappa shape index (κ3) is 4.78. The minimum Gasteiger partial charge on any atom is -0.496 e. The summed E-state index contributed by atoms with van der Waals surface area (Å²) in [6.45, 7) is 4.17. The van der Waals surface area contributed by atoms with E-state index in [-0.39, 0.29) is 11.7 Å². The van der Waals surface area contributed by atoms with Crippen LogP contribution < -0.4 is 10.1 Å². The second-order valence-corrected chi connectivity index (χ2v) is 8.22. The Kier molecular flexibility index (Phi) is 6.52. The van der Waals surface area contributed by atoms with Gasteiger partial charge in [-0.2, -0.15) is 0 Å². The average Bonchev–Trinajstić information content (AvgIpc) is 3.23. The van der Waals surface area contributed by atoms with E-state index >= 15 is 0 Å². The van der Waals surface area contributed by atoms with Crippen molar-refractivity contribution in [2.24, 2.45) is 0 Å². The molecule has 168 valence electrons. The van der Waals surface area contributed by atoms with Gasteiger partial charge in [0, 0.05) is 39.7 Å². The third-order valence-corrected chi connectivity index (χ3v) is 5.81. The van der Waals surface area contributed by atoms with Gasteiger partial charge in [-0.15, -0.1) is 0 Å². The minimum atomic E-state index is -0.298. The van der Waals surface area contributed by atoms with E-state index in [2.05, 4.69) is 5.32 Å². The number of allylic oxidation sites excluding steroid dienone is 1. The van der Waals surface area contributed by atoms with Crippen molar-refractivity contribution in [3.05, 3.63) is 94.5 Å². The van der Waals surface area contributed by atoms with Crippen LogP contribution in [0.25, 0.3) is 27.7 Å². The van der Waals surface area contributed by atoms with Crippen LogP contribution in [-0.2, 0) is 11.3 Å². The number of benzene rings is 3. The number of amides is 1. The molecule has 33 heavy (non-hydrogen) atoms. The number of fused-ring (bicyclic) bond motifs is 1. The van der Waals surface area contributed by atoms with Crippen molar-refractivity contribution in [3.63, 3.8) is 0 Å². The Morgan fingerprint density at radius 1 is 1.15 bits per heavy atom. The second-order valence-electron chi connectivity index (χ2n) is 7.79.